The average Bonchev–Trinajstić information content (AvgIpc) is 2.20. The molecule has 2 unspecified atom stereocenters. The first-order valence-electron chi connectivity index (χ1n) is 5.22. The first-order valence-corrected chi connectivity index (χ1v) is 5.22. The van der Waals surface area contributed by atoms with Gasteiger partial charge < -0.3 is 15.2 Å². The summed E-state index contributed by atoms with van der Waals surface area (Å²) in [5.74, 6) is 0. The van der Waals surface area contributed by atoms with Crippen LogP contribution in [0.15, 0.2) is 0 Å². The average molecular weight is 205 g/mol. The fraction of sp³-hybridized carbons (Fsp3) is 1.00. The normalized spacial score (nSPS) is 30.2. The Morgan fingerprint density at radius 2 is 2.36 bits per heavy atom. The Hall–Kier alpha value is -0.190. The second-order valence-corrected chi connectivity index (χ2v) is 3.85. The summed E-state index contributed by atoms with van der Waals surface area (Å²) in [5, 5.41) is 0. The number of methoxy groups -OCH3 is 1. The lowest BCUT2D eigenvalue weighted by Gasteiger charge is -2.39. The van der Waals surface area contributed by atoms with E-state index in [1.807, 2.05) is 0 Å². The molecule has 2 atom stereocenters. The fourth-order valence-electron chi connectivity index (χ4n) is 1.98. The summed E-state index contributed by atoms with van der Waals surface area (Å²) in [6, 6.07) is 0. The predicted octanol–water partition coefficient (Wildman–Crippen LogP) is 1.26. The van der Waals surface area contributed by atoms with Crippen molar-refractivity contribution in [1.29, 1.82) is 0 Å². The van der Waals surface area contributed by atoms with Crippen LogP contribution >= 0.6 is 0 Å². The maximum absolute atomic E-state index is 13.8. The monoisotopic (exact) mass is 205 g/mol. The molecular formula is C10H20FNO2. The van der Waals surface area contributed by atoms with Gasteiger partial charge in [-0.05, 0) is 32.2 Å². The Bertz CT molecular complexity index is 155. The molecule has 0 aromatic carbocycles. The van der Waals surface area contributed by atoms with Crippen LogP contribution in [0.25, 0.3) is 0 Å². The minimum atomic E-state index is -1.01. The molecule has 0 radical (unpaired) electrons. The van der Waals surface area contributed by atoms with E-state index in [1.54, 1.807) is 7.11 Å². The molecule has 84 valence electrons. The molecule has 1 fully saturated rings. The van der Waals surface area contributed by atoms with Crippen LogP contribution in [0.2, 0.25) is 0 Å². The molecule has 1 rings (SSSR count). The molecular weight excluding hydrogens is 185 g/mol. The van der Waals surface area contributed by atoms with E-state index in [9.17, 15) is 4.39 Å². The fourth-order valence-corrected chi connectivity index (χ4v) is 1.98. The van der Waals surface area contributed by atoms with Crippen molar-refractivity contribution in [2.24, 2.45) is 5.73 Å². The minimum Gasteiger partial charge on any atom is -0.382 e. The summed E-state index contributed by atoms with van der Waals surface area (Å²) in [7, 11) is 1.58. The van der Waals surface area contributed by atoms with Crippen LogP contribution in [0.1, 0.15) is 25.7 Å². The van der Waals surface area contributed by atoms with E-state index in [4.69, 9.17) is 15.2 Å². The Morgan fingerprint density at radius 3 is 2.86 bits per heavy atom. The highest BCUT2D eigenvalue weighted by atomic mass is 19.1. The van der Waals surface area contributed by atoms with Crippen LogP contribution < -0.4 is 5.73 Å². The van der Waals surface area contributed by atoms with Gasteiger partial charge in [-0.25, -0.2) is 4.39 Å². The van der Waals surface area contributed by atoms with Gasteiger partial charge in [0.2, 0.25) is 0 Å². The molecule has 4 heteroatoms. The molecule has 0 saturated carbocycles. The van der Waals surface area contributed by atoms with Gasteiger partial charge in [0, 0.05) is 13.7 Å². The van der Waals surface area contributed by atoms with Crippen molar-refractivity contribution in [2.45, 2.75) is 37.5 Å². The number of nitrogens with two attached hydrogens (primary N) is 1. The Kier molecular flexibility index (Phi) is 4.78. The van der Waals surface area contributed by atoms with E-state index in [0.29, 0.717) is 26.2 Å². The minimum absolute atomic E-state index is 0.328. The van der Waals surface area contributed by atoms with Gasteiger partial charge >= 0.3 is 0 Å². The van der Waals surface area contributed by atoms with Gasteiger partial charge in [-0.1, -0.05) is 0 Å². The van der Waals surface area contributed by atoms with Gasteiger partial charge in [0.25, 0.3) is 0 Å². The Labute approximate surface area is 84.8 Å². The molecule has 2 N–H and O–H groups in total. The van der Waals surface area contributed by atoms with Gasteiger partial charge in [-0.15, -0.1) is 0 Å². The van der Waals surface area contributed by atoms with Gasteiger partial charge in [0.1, 0.15) is 11.8 Å². The van der Waals surface area contributed by atoms with E-state index in [2.05, 4.69) is 0 Å². The highest BCUT2D eigenvalue weighted by Crippen LogP contribution is 2.31. The first-order chi connectivity index (χ1) is 6.75. The zero-order chi connectivity index (χ0) is 10.4. The van der Waals surface area contributed by atoms with Crippen LogP contribution in [-0.2, 0) is 9.47 Å². The Morgan fingerprint density at radius 1 is 1.57 bits per heavy atom. The lowest BCUT2D eigenvalue weighted by Crippen LogP contribution is -2.49. The molecule has 0 amide bonds. The zero-order valence-electron chi connectivity index (χ0n) is 8.80. The Balaban J connectivity index is 2.58. The third-order valence-electron chi connectivity index (χ3n) is 2.76. The summed E-state index contributed by atoms with van der Waals surface area (Å²) in [4.78, 5) is 0. The molecule has 0 aliphatic carbocycles. The van der Waals surface area contributed by atoms with E-state index >= 15 is 0 Å². The summed E-state index contributed by atoms with van der Waals surface area (Å²) >= 11 is 0. The van der Waals surface area contributed by atoms with Gasteiger partial charge in [-0.3, -0.25) is 0 Å². The molecule has 1 saturated heterocycles. The van der Waals surface area contributed by atoms with E-state index < -0.39 is 11.8 Å². The molecule has 0 spiro atoms. The lowest BCUT2D eigenvalue weighted by atomic mass is 9.88. The topological polar surface area (TPSA) is 44.5 Å². The second kappa shape index (κ2) is 5.63. The van der Waals surface area contributed by atoms with Crippen molar-refractivity contribution in [2.75, 3.05) is 26.9 Å². The smallest absolute Gasteiger partial charge is 0.132 e. The standard InChI is InChI=1S/C10H20FNO2/c1-13-8-10(9(11)4-6-12)5-2-3-7-14-10/h9H,2-8,12H2,1H3. The highest BCUT2D eigenvalue weighted by molar-refractivity contribution is 4.91. The molecule has 1 aliphatic rings. The van der Waals surface area contributed by atoms with Crippen molar-refractivity contribution < 1.29 is 13.9 Å². The van der Waals surface area contributed by atoms with Crippen molar-refractivity contribution in [1.82, 2.24) is 0 Å². The summed E-state index contributed by atoms with van der Waals surface area (Å²) < 4.78 is 24.5. The van der Waals surface area contributed by atoms with Crippen molar-refractivity contribution in [3.8, 4) is 0 Å². The number of alkyl halides is 1. The van der Waals surface area contributed by atoms with E-state index in [1.165, 1.54) is 0 Å². The quantitative estimate of drug-likeness (QED) is 0.735. The molecule has 0 aromatic rings. The van der Waals surface area contributed by atoms with Crippen molar-refractivity contribution in [3.63, 3.8) is 0 Å². The van der Waals surface area contributed by atoms with Crippen LogP contribution in [0.4, 0.5) is 4.39 Å². The third kappa shape index (κ3) is 2.65. The van der Waals surface area contributed by atoms with Crippen LogP contribution in [0, 0.1) is 0 Å². The second-order valence-electron chi connectivity index (χ2n) is 3.85. The third-order valence-corrected chi connectivity index (χ3v) is 2.76. The van der Waals surface area contributed by atoms with Crippen molar-refractivity contribution >= 4 is 0 Å². The molecule has 1 heterocycles. The maximum atomic E-state index is 13.8. The van der Waals surface area contributed by atoms with Gasteiger partial charge in [0.05, 0.1) is 6.61 Å². The SMILES string of the molecule is COCC1(C(F)CCN)CCCCO1. The van der Waals surface area contributed by atoms with Gasteiger partial charge in [0.15, 0.2) is 0 Å². The predicted molar refractivity (Wildman–Crippen MR) is 53.0 cm³/mol. The molecule has 0 bridgehead atoms. The maximum Gasteiger partial charge on any atom is 0.132 e. The number of halogens is 1. The number of ether oxygens (including phenoxy) is 2. The molecule has 14 heavy (non-hydrogen) atoms. The van der Waals surface area contributed by atoms with Gasteiger partial charge in [-0.2, -0.15) is 0 Å². The number of hydrogen-bond donors (Lipinski definition) is 1. The lowest BCUT2D eigenvalue weighted by molar-refractivity contribution is -0.155. The summed E-state index contributed by atoms with van der Waals surface area (Å²) in [6.07, 6.45) is 2.10. The molecule has 1 aliphatic heterocycles. The number of rotatable bonds is 5. The summed E-state index contributed by atoms with van der Waals surface area (Å²) in [6.45, 7) is 1.32. The largest absolute Gasteiger partial charge is 0.382 e. The van der Waals surface area contributed by atoms with Crippen LogP contribution in [0.5, 0.6) is 0 Å². The van der Waals surface area contributed by atoms with Crippen LogP contribution in [0.3, 0.4) is 0 Å². The first kappa shape index (κ1) is 11.9. The van der Waals surface area contributed by atoms with Crippen LogP contribution in [-0.4, -0.2) is 38.6 Å². The summed E-state index contributed by atoms with van der Waals surface area (Å²) in [5.41, 5.74) is 4.62. The molecule has 0 aromatic heterocycles. The molecule has 3 nitrogen and oxygen atoms in total. The van der Waals surface area contributed by atoms with Crippen molar-refractivity contribution in [3.05, 3.63) is 0 Å². The van der Waals surface area contributed by atoms with E-state index in [-0.39, 0.29) is 0 Å². The van der Waals surface area contributed by atoms with E-state index in [0.717, 1.165) is 19.3 Å². The number of hydrogen-bond acceptors (Lipinski definition) is 3. The highest BCUT2D eigenvalue weighted by Gasteiger charge is 2.41. The zero-order valence-corrected chi connectivity index (χ0v) is 8.80.